The lowest BCUT2D eigenvalue weighted by molar-refractivity contribution is -0.141. The van der Waals surface area contributed by atoms with Gasteiger partial charge in [0.2, 0.25) is 10.0 Å². The lowest BCUT2D eigenvalue weighted by Gasteiger charge is -2.37. The second-order valence-corrected chi connectivity index (χ2v) is 16.1. The van der Waals surface area contributed by atoms with E-state index >= 15 is 0 Å². The second kappa shape index (κ2) is 15.6. The van der Waals surface area contributed by atoms with Gasteiger partial charge in [-0.2, -0.15) is 13.2 Å². The van der Waals surface area contributed by atoms with Crippen molar-refractivity contribution in [2.24, 2.45) is 5.41 Å². The number of nitrogens with one attached hydrogen (secondary N) is 2. The van der Waals surface area contributed by atoms with E-state index in [4.69, 9.17) is 4.74 Å². The highest BCUT2D eigenvalue weighted by Crippen LogP contribution is 2.41. The number of aliphatic carboxylic acids is 1. The topological polar surface area (TPSA) is 147 Å². The predicted molar refractivity (Wildman–Crippen MR) is 194 cm³/mol. The van der Waals surface area contributed by atoms with Crippen molar-refractivity contribution in [1.82, 2.24) is 15.2 Å². The van der Waals surface area contributed by atoms with E-state index in [0.29, 0.717) is 22.9 Å². The molecule has 1 aliphatic rings. The van der Waals surface area contributed by atoms with E-state index in [1.165, 1.54) is 18.2 Å². The number of ether oxygens (including phenoxy) is 1. The minimum Gasteiger partial charge on any atom is -0.480 e. The molecular formula is C38H43F3N4O7S. The number of hydrogen-bond acceptors (Lipinski definition) is 7. The van der Waals surface area contributed by atoms with Crippen molar-refractivity contribution in [3.8, 4) is 0 Å². The van der Waals surface area contributed by atoms with Crippen molar-refractivity contribution in [1.29, 1.82) is 0 Å². The highest BCUT2D eigenvalue weighted by Gasteiger charge is 2.45. The number of rotatable bonds is 14. The van der Waals surface area contributed by atoms with Crippen molar-refractivity contribution < 1.29 is 45.8 Å². The number of sulfonamides is 1. The number of carbonyl (C=O) groups excluding carboxylic acids is 2. The van der Waals surface area contributed by atoms with Crippen molar-refractivity contribution in [3.05, 3.63) is 101 Å². The summed E-state index contributed by atoms with van der Waals surface area (Å²) in [4.78, 5) is 38.8. The van der Waals surface area contributed by atoms with Gasteiger partial charge in [0.25, 0.3) is 12.4 Å². The van der Waals surface area contributed by atoms with Gasteiger partial charge in [0.1, 0.15) is 12.1 Å². The number of anilines is 1. The molecule has 2 heterocycles. The third-order valence-corrected chi connectivity index (χ3v) is 11.0. The molecule has 1 amide bonds. The molecule has 3 aromatic carbocycles. The van der Waals surface area contributed by atoms with Crippen LogP contribution in [0, 0.1) is 5.41 Å². The van der Waals surface area contributed by atoms with E-state index < -0.39 is 57.2 Å². The van der Waals surface area contributed by atoms with Crippen LogP contribution >= 0.6 is 0 Å². The summed E-state index contributed by atoms with van der Waals surface area (Å²) in [6, 6.07) is 14.6. The molecular weight excluding hydrogens is 714 g/mol. The number of aryl methyl sites for hydroxylation is 2. The van der Waals surface area contributed by atoms with Gasteiger partial charge in [-0.15, -0.1) is 0 Å². The second-order valence-electron chi connectivity index (χ2n) is 14.2. The largest absolute Gasteiger partial charge is 0.480 e. The van der Waals surface area contributed by atoms with Crippen molar-refractivity contribution in [2.45, 2.75) is 78.0 Å². The summed E-state index contributed by atoms with van der Waals surface area (Å²) in [5, 5.41) is 17.0. The van der Waals surface area contributed by atoms with E-state index in [-0.39, 0.29) is 49.5 Å². The summed E-state index contributed by atoms with van der Waals surface area (Å²) in [6.45, 7) is 7.12. The van der Waals surface area contributed by atoms with Gasteiger partial charge in [0, 0.05) is 36.8 Å². The minimum atomic E-state index is -4.52. The minimum absolute atomic E-state index is 0.00822. The van der Waals surface area contributed by atoms with Crippen LogP contribution in [0.3, 0.4) is 0 Å². The number of amides is 1. The van der Waals surface area contributed by atoms with Crippen LogP contribution in [0.1, 0.15) is 60.3 Å². The van der Waals surface area contributed by atoms with Gasteiger partial charge in [-0.3, -0.25) is 13.9 Å². The summed E-state index contributed by atoms with van der Waals surface area (Å²) < 4.78 is 75.9. The number of carboxylic acid groups (broad SMARTS) is 1. The smallest absolute Gasteiger partial charge is 0.416 e. The van der Waals surface area contributed by atoms with Crippen LogP contribution in [-0.2, 0) is 56.5 Å². The number of carbonyl (C=O) groups is 3. The fourth-order valence-electron chi connectivity index (χ4n) is 6.80. The Kier molecular flexibility index (Phi) is 11.6. The van der Waals surface area contributed by atoms with E-state index in [2.05, 4.69) is 10.6 Å². The number of nitrogens with zero attached hydrogens (tertiary/aromatic N) is 2. The number of alkyl halides is 3. The molecule has 0 saturated heterocycles. The third kappa shape index (κ3) is 8.84. The van der Waals surface area contributed by atoms with Gasteiger partial charge in [0.15, 0.2) is 0 Å². The highest BCUT2D eigenvalue weighted by atomic mass is 32.2. The maximum absolute atomic E-state index is 14.3. The van der Waals surface area contributed by atoms with Gasteiger partial charge in [-0.05, 0) is 53.1 Å². The van der Waals surface area contributed by atoms with Crippen LogP contribution in [0.25, 0.3) is 10.9 Å². The van der Waals surface area contributed by atoms with Crippen molar-refractivity contribution in [3.63, 3.8) is 0 Å². The molecule has 11 nitrogen and oxygen atoms in total. The molecule has 1 aliphatic heterocycles. The molecule has 3 N–H and O–H groups in total. The first-order valence-corrected chi connectivity index (χ1v) is 18.8. The summed E-state index contributed by atoms with van der Waals surface area (Å²) >= 11 is 0. The van der Waals surface area contributed by atoms with Gasteiger partial charge in [0.05, 0.1) is 28.6 Å². The van der Waals surface area contributed by atoms with Crippen molar-refractivity contribution in [2.75, 3.05) is 16.6 Å². The van der Waals surface area contributed by atoms with Crippen LogP contribution in [0.2, 0.25) is 0 Å². The van der Waals surface area contributed by atoms with E-state index in [9.17, 15) is 41.1 Å². The first kappa shape index (κ1) is 39.3. The van der Waals surface area contributed by atoms with Crippen LogP contribution in [0.5, 0.6) is 0 Å². The first-order chi connectivity index (χ1) is 24.9. The Labute approximate surface area is 306 Å². The zero-order chi connectivity index (χ0) is 38.7. The molecule has 53 heavy (non-hydrogen) atoms. The molecule has 0 spiro atoms. The summed E-state index contributed by atoms with van der Waals surface area (Å²) in [5.74, 6) is -2.33. The standard InChI is InChI=1S/C38H43F3N4O7S/c1-5-26-22-44-14-15-53(50,51)45(34(36(48)49)37(2,3)4)31-19-27(18-29(26)33(31)44)35(47)43-30(17-24-10-7-6-8-11-24)32(52-23-46)21-42-20-25-12-9-13-28(16-25)38(39,40)41/h6-13,16,18-19,22-23,30,32,34,42H,5,14-15,17,20-21H2,1-4H3,(H,43,47)(H,48,49)/t30-,32+,34?/m0/s1. The molecule has 0 radical (unpaired) electrons. The van der Waals surface area contributed by atoms with Gasteiger partial charge < -0.3 is 25.0 Å². The zero-order valence-corrected chi connectivity index (χ0v) is 30.6. The summed E-state index contributed by atoms with van der Waals surface area (Å²) in [6.07, 6.45) is -2.95. The first-order valence-electron chi connectivity index (χ1n) is 17.2. The molecule has 1 aromatic heterocycles. The van der Waals surface area contributed by atoms with Crippen LogP contribution in [0.4, 0.5) is 18.9 Å². The van der Waals surface area contributed by atoms with Gasteiger partial charge in [-0.1, -0.05) is 76.2 Å². The normalized spacial score (nSPS) is 16.0. The van der Waals surface area contributed by atoms with Crippen LogP contribution in [0.15, 0.2) is 72.9 Å². The SMILES string of the molecule is CCc1cn2c3c(cc(C(=O)N[C@@H](Cc4ccccc4)[C@@H](CNCc4cccc(C(F)(F)F)c4)OC=O)cc13)N(C(C(=O)O)C(C)(C)C)S(=O)(=O)CC2. The Morgan fingerprint density at radius 1 is 1.02 bits per heavy atom. The average Bonchev–Trinajstić information content (AvgIpc) is 3.41. The van der Waals surface area contributed by atoms with E-state index in [1.54, 1.807) is 43.5 Å². The number of carboxylic acids is 1. The molecule has 284 valence electrons. The molecule has 0 aliphatic carbocycles. The number of aromatic nitrogens is 1. The summed E-state index contributed by atoms with van der Waals surface area (Å²) in [7, 11) is -4.19. The van der Waals surface area contributed by atoms with E-state index in [1.807, 2.05) is 31.3 Å². The van der Waals surface area contributed by atoms with Crippen LogP contribution in [-0.4, -0.2) is 66.9 Å². The molecule has 4 aromatic rings. The fourth-order valence-corrected chi connectivity index (χ4v) is 8.59. The molecule has 5 rings (SSSR count). The molecule has 3 atom stereocenters. The fraction of sp³-hybridized carbons (Fsp3) is 0.395. The Balaban J connectivity index is 1.54. The van der Waals surface area contributed by atoms with Crippen molar-refractivity contribution >= 4 is 45.0 Å². The predicted octanol–water partition coefficient (Wildman–Crippen LogP) is 5.54. The van der Waals surface area contributed by atoms with E-state index in [0.717, 1.165) is 27.6 Å². The quantitative estimate of drug-likeness (QED) is 0.142. The molecule has 0 bridgehead atoms. The van der Waals surface area contributed by atoms with Gasteiger partial charge >= 0.3 is 12.1 Å². The average molecular weight is 757 g/mol. The Morgan fingerprint density at radius 2 is 1.72 bits per heavy atom. The monoisotopic (exact) mass is 756 g/mol. The number of halogens is 3. The molecule has 0 fully saturated rings. The Hall–Kier alpha value is -4.89. The Bertz CT molecular complexity index is 2080. The Morgan fingerprint density at radius 3 is 2.34 bits per heavy atom. The summed E-state index contributed by atoms with van der Waals surface area (Å²) in [5.41, 5.74) is 0.740. The lowest BCUT2D eigenvalue weighted by atomic mass is 9.86. The third-order valence-electron chi connectivity index (χ3n) is 9.32. The van der Waals surface area contributed by atoms with Gasteiger partial charge in [-0.25, -0.2) is 13.2 Å². The molecule has 0 saturated carbocycles. The molecule has 15 heteroatoms. The zero-order valence-electron chi connectivity index (χ0n) is 29.8. The lowest BCUT2D eigenvalue weighted by Crippen LogP contribution is -2.53. The highest BCUT2D eigenvalue weighted by molar-refractivity contribution is 7.92. The maximum atomic E-state index is 14.3. The number of benzene rings is 3. The molecule has 1 unspecified atom stereocenters. The van der Waals surface area contributed by atoms with Crippen LogP contribution < -0.4 is 14.9 Å². The number of hydrogen-bond donors (Lipinski definition) is 3. The maximum Gasteiger partial charge on any atom is 0.416 e.